The molecule has 0 spiro atoms. The molecule has 1 saturated heterocycles. The van der Waals surface area contributed by atoms with E-state index in [-0.39, 0.29) is 6.10 Å². The van der Waals surface area contributed by atoms with Crippen molar-refractivity contribution in [1.29, 1.82) is 0 Å². The van der Waals surface area contributed by atoms with E-state index in [0.29, 0.717) is 12.1 Å². The Morgan fingerprint density at radius 1 is 1.50 bits per heavy atom. The van der Waals surface area contributed by atoms with E-state index in [1.165, 1.54) is 5.56 Å². The molecule has 0 amide bonds. The molecular weight excluding hydrogens is 228 g/mol. The Labute approximate surface area is 109 Å². The number of nitrogens with zero attached hydrogens (tertiary/aromatic N) is 1. The van der Waals surface area contributed by atoms with Crippen molar-refractivity contribution in [2.24, 2.45) is 0 Å². The zero-order valence-corrected chi connectivity index (χ0v) is 11.6. The summed E-state index contributed by atoms with van der Waals surface area (Å²) in [5.41, 5.74) is 1.22. The second-order valence-electron chi connectivity index (χ2n) is 5.23. The highest BCUT2D eigenvalue weighted by Crippen LogP contribution is 2.15. The molecular formula is C14H24N2O2. The summed E-state index contributed by atoms with van der Waals surface area (Å²) in [6.45, 7) is 7.35. The third-order valence-electron chi connectivity index (χ3n) is 3.71. The lowest BCUT2D eigenvalue weighted by molar-refractivity contribution is -0.0542. The Bertz CT molecular complexity index is 338. The minimum atomic E-state index is 0.251. The summed E-state index contributed by atoms with van der Waals surface area (Å²) in [4.78, 5) is 2.48. The first kappa shape index (κ1) is 13.6. The van der Waals surface area contributed by atoms with Gasteiger partial charge in [0.2, 0.25) is 0 Å². The van der Waals surface area contributed by atoms with E-state index in [1.807, 2.05) is 19.4 Å². The molecule has 4 nitrogen and oxygen atoms in total. The van der Waals surface area contributed by atoms with Crippen molar-refractivity contribution in [3.8, 4) is 0 Å². The molecule has 0 bridgehead atoms. The van der Waals surface area contributed by atoms with Crippen LogP contribution in [0.2, 0.25) is 0 Å². The van der Waals surface area contributed by atoms with Gasteiger partial charge in [0.15, 0.2) is 0 Å². The van der Waals surface area contributed by atoms with Crippen LogP contribution in [0.4, 0.5) is 0 Å². The van der Waals surface area contributed by atoms with Crippen LogP contribution in [0, 0.1) is 0 Å². The second-order valence-corrected chi connectivity index (χ2v) is 5.23. The zero-order chi connectivity index (χ0) is 13.0. The molecule has 4 heteroatoms. The van der Waals surface area contributed by atoms with Crippen LogP contribution in [0.15, 0.2) is 23.0 Å². The molecule has 0 radical (unpaired) electrons. The number of nitrogens with one attached hydrogen (secondary N) is 1. The van der Waals surface area contributed by atoms with Crippen LogP contribution in [0.25, 0.3) is 0 Å². The van der Waals surface area contributed by atoms with E-state index in [2.05, 4.69) is 24.1 Å². The van der Waals surface area contributed by atoms with E-state index >= 15 is 0 Å². The van der Waals surface area contributed by atoms with Crippen LogP contribution >= 0.6 is 0 Å². The Morgan fingerprint density at radius 2 is 2.33 bits per heavy atom. The second kappa shape index (κ2) is 6.36. The predicted molar refractivity (Wildman–Crippen MR) is 71.7 cm³/mol. The van der Waals surface area contributed by atoms with E-state index < -0.39 is 0 Å². The number of rotatable bonds is 5. The molecule has 0 aromatic carbocycles. The average molecular weight is 252 g/mol. The highest BCUT2D eigenvalue weighted by atomic mass is 16.5. The van der Waals surface area contributed by atoms with Gasteiger partial charge in [-0.05, 0) is 38.9 Å². The van der Waals surface area contributed by atoms with Gasteiger partial charge in [-0.1, -0.05) is 0 Å². The molecule has 2 atom stereocenters. The molecule has 2 unspecified atom stereocenters. The monoisotopic (exact) mass is 252 g/mol. The standard InChI is InChI=1S/C14H24N2O2/c1-11(2)16-5-7-18-14(9-16)13(15-3)8-12-4-6-17-10-12/h4,6,10-11,13-15H,5,7-9H2,1-3H3. The lowest BCUT2D eigenvalue weighted by Gasteiger charge is -2.38. The third-order valence-corrected chi connectivity index (χ3v) is 3.71. The molecule has 1 N–H and O–H groups in total. The maximum absolute atomic E-state index is 5.93. The number of hydrogen-bond acceptors (Lipinski definition) is 4. The Kier molecular flexibility index (Phi) is 4.80. The molecule has 1 aliphatic rings. The lowest BCUT2D eigenvalue weighted by atomic mass is 10.0. The van der Waals surface area contributed by atoms with Crippen LogP contribution in [0.5, 0.6) is 0 Å². The Balaban J connectivity index is 1.94. The summed E-state index contributed by atoms with van der Waals surface area (Å²) in [7, 11) is 2.00. The zero-order valence-electron chi connectivity index (χ0n) is 11.6. The van der Waals surface area contributed by atoms with E-state index in [9.17, 15) is 0 Å². The summed E-state index contributed by atoms with van der Waals surface area (Å²) in [5, 5.41) is 3.38. The smallest absolute Gasteiger partial charge is 0.0935 e. The number of hydrogen-bond donors (Lipinski definition) is 1. The van der Waals surface area contributed by atoms with Crippen molar-refractivity contribution in [2.75, 3.05) is 26.7 Å². The van der Waals surface area contributed by atoms with E-state index in [4.69, 9.17) is 9.15 Å². The first-order valence-electron chi connectivity index (χ1n) is 6.74. The molecule has 18 heavy (non-hydrogen) atoms. The topological polar surface area (TPSA) is 37.6 Å². The van der Waals surface area contributed by atoms with Gasteiger partial charge >= 0.3 is 0 Å². The van der Waals surface area contributed by atoms with Crippen molar-refractivity contribution in [3.63, 3.8) is 0 Å². The quantitative estimate of drug-likeness (QED) is 0.862. The van der Waals surface area contributed by atoms with Gasteiger partial charge in [-0.3, -0.25) is 4.90 Å². The number of morpholine rings is 1. The van der Waals surface area contributed by atoms with Gasteiger partial charge in [0.25, 0.3) is 0 Å². The van der Waals surface area contributed by atoms with Gasteiger partial charge in [0, 0.05) is 25.2 Å². The third kappa shape index (κ3) is 3.34. The first-order chi connectivity index (χ1) is 8.70. The molecule has 2 rings (SSSR count). The summed E-state index contributed by atoms with van der Waals surface area (Å²) in [6, 6.07) is 2.94. The molecule has 102 valence electrons. The van der Waals surface area contributed by atoms with Crippen molar-refractivity contribution in [2.45, 2.75) is 38.5 Å². The first-order valence-corrected chi connectivity index (χ1v) is 6.74. The normalized spacial score (nSPS) is 23.4. The summed E-state index contributed by atoms with van der Waals surface area (Å²) >= 11 is 0. The number of furan rings is 1. The fraction of sp³-hybridized carbons (Fsp3) is 0.714. The predicted octanol–water partition coefficient (Wildman–Crippen LogP) is 1.52. The number of likely N-dealkylation sites (N-methyl/N-ethyl adjacent to an activating group) is 1. The SMILES string of the molecule is CNC(Cc1ccoc1)C1CN(C(C)C)CCO1. The molecule has 2 heterocycles. The lowest BCUT2D eigenvalue weighted by Crippen LogP contribution is -2.53. The summed E-state index contributed by atoms with van der Waals surface area (Å²) in [6.07, 6.45) is 4.74. The van der Waals surface area contributed by atoms with Crippen molar-refractivity contribution >= 4 is 0 Å². The number of ether oxygens (including phenoxy) is 1. The Morgan fingerprint density at radius 3 is 2.94 bits per heavy atom. The van der Waals surface area contributed by atoms with Crippen LogP contribution in [0.1, 0.15) is 19.4 Å². The maximum atomic E-state index is 5.93. The highest BCUT2D eigenvalue weighted by Gasteiger charge is 2.28. The average Bonchev–Trinajstić information content (AvgIpc) is 2.89. The molecule has 1 aromatic heterocycles. The summed E-state index contributed by atoms with van der Waals surface area (Å²) < 4.78 is 11.1. The fourth-order valence-corrected chi connectivity index (χ4v) is 2.49. The highest BCUT2D eigenvalue weighted by molar-refractivity contribution is 5.08. The van der Waals surface area contributed by atoms with Gasteiger partial charge in [-0.2, -0.15) is 0 Å². The molecule has 1 aliphatic heterocycles. The largest absolute Gasteiger partial charge is 0.472 e. The van der Waals surface area contributed by atoms with Gasteiger partial charge in [0.05, 0.1) is 25.2 Å². The van der Waals surface area contributed by atoms with Crippen LogP contribution in [-0.2, 0) is 11.2 Å². The van der Waals surface area contributed by atoms with Crippen LogP contribution in [0.3, 0.4) is 0 Å². The molecule has 1 fully saturated rings. The van der Waals surface area contributed by atoms with Crippen LogP contribution < -0.4 is 5.32 Å². The van der Waals surface area contributed by atoms with Gasteiger partial charge in [-0.25, -0.2) is 0 Å². The maximum Gasteiger partial charge on any atom is 0.0935 e. The van der Waals surface area contributed by atoms with E-state index in [1.54, 1.807) is 6.26 Å². The van der Waals surface area contributed by atoms with Gasteiger partial charge in [0.1, 0.15) is 0 Å². The van der Waals surface area contributed by atoms with Crippen molar-refractivity contribution < 1.29 is 9.15 Å². The Hall–Kier alpha value is -0.840. The molecule has 1 aromatic rings. The fourth-order valence-electron chi connectivity index (χ4n) is 2.49. The van der Waals surface area contributed by atoms with E-state index in [0.717, 1.165) is 26.1 Å². The van der Waals surface area contributed by atoms with Crippen molar-refractivity contribution in [1.82, 2.24) is 10.2 Å². The molecule has 0 saturated carbocycles. The van der Waals surface area contributed by atoms with Crippen LogP contribution in [-0.4, -0.2) is 49.8 Å². The molecule has 0 aliphatic carbocycles. The summed E-state index contributed by atoms with van der Waals surface area (Å²) in [5.74, 6) is 0. The van der Waals surface area contributed by atoms with Gasteiger partial charge in [-0.15, -0.1) is 0 Å². The van der Waals surface area contributed by atoms with Gasteiger partial charge < -0.3 is 14.5 Å². The minimum absolute atomic E-state index is 0.251. The van der Waals surface area contributed by atoms with Crippen molar-refractivity contribution in [3.05, 3.63) is 24.2 Å². The minimum Gasteiger partial charge on any atom is -0.472 e.